The molecule has 9 heteroatoms. The molecule has 0 amide bonds. The zero-order valence-corrected chi connectivity index (χ0v) is 10.4. The van der Waals surface area contributed by atoms with Crippen molar-refractivity contribution >= 4 is 21.5 Å². The number of carboxylic acids is 1. The molecule has 0 aromatic heterocycles. The Kier molecular flexibility index (Phi) is 4.54. The summed E-state index contributed by atoms with van der Waals surface area (Å²) < 4.78 is 36.7. The molecule has 1 N–H and O–H groups in total. The summed E-state index contributed by atoms with van der Waals surface area (Å²) in [4.78, 5) is 19.8. The molecular formula is C10H10FNO6S. The van der Waals surface area contributed by atoms with E-state index in [1.807, 2.05) is 0 Å². The van der Waals surface area contributed by atoms with Gasteiger partial charge in [-0.15, -0.1) is 0 Å². The molecular weight excluding hydrogens is 281 g/mol. The van der Waals surface area contributed by atoms with Crippen LogP contribution < -0.4 is 0 Å². The van der Waals surface area contributed by atoms with Crippen LogP contribution in [0.2, 0.25) is 0 Å². The SMILES string of the molecule is O=C(O)CCS(=O)(=O)Cc1cccc([N+](=O)[O-])c1F. The highest BCUT2D eigenvalue weighted by Gasteiger charge is 2.22. The minimum Gasteiger partial charge on any atom is -0.481 e. The second-order valence-electron chi connectivity index (χ2n) is 3.74. The molecule has 0 heterocycles. The third-order valence-corrected chi connectivity index (χ3v) is 3.83. The second kappa shape index (κ2) is 5.74. The molecule has 0 bridgehead atoms. The van der Waals surface area contributed by atoms with Crippen molar-refractivity contribution in [2.45, 2.75) is 12.2 Å². The zero-order valence-electron chi connectivity index (χ0n) is 9.58. The maximum Gasteiger partial charge on any atom is 0.305 e. The van der Waals surface area contributed by atoms with Crippen molar-refractivity contribution in [2.24, 2.45) is 0 Å². The van der Waals surface area contributed by atoms with Gasteiger partial charge >= 0.3 is 11.7 Å². The van der Waals surface area contributed by atoms with Gasteiger partial charge in [0, 0.05) is 11.6 Å². The van der Waals surface area contributed by atoms with Gasteiger partial charge in [-0.1, -0.05) is 12.1 Å². The molecule has 104 valence electrons. The number of benzene rings is 1. The van der Waals surface area contributed by atoms with Gasteiger partial charge in [0.05, 0.1) is 22.8 Å². The Morgan fingerprint density at radius 3 is 2.58 bits per heavy atom. The first-order chi connectivity index (χ1) is 8.73. The monoisotopic (exact) mass is 291 g/mol. The zero-order chi connectivity index (χ0) is 14.6. The summed E-state index contributed by atoms with van der Waals surface area (Å²) in [6.07, 6.45) is -0.598. The Morgan fingerprint density at radius 1 is 1.42 bits per heavy atom. The van der Waals surface area contributed by atoms with Gasteiger partial charge in [0.1, 0.15) is 0 Å². The van der Waals surface area contributed by atoms with Crippen molar-refractivity contribution in [1.82, 2.24) is 0 Å². The maximum absolute atomic E-state index is 13.6. The van der Waals surface area contributed by atoms with E-state index in [1.54, 1.807) is 0 Å². The molecule has 0 aliphatic heterocycles. The lowest BCUT2D eigenvalue weighted by Crippen LogP contribution is -2.14. The fourth-order valence-corrected chi connectivity index (χ4v) is 2.70. The Labute approximate surface area is 107 Å². The number of nitro groups is 1. The second-order valence-corrected chi connectivity index (χ2v) is 5.93. The van der Waals surface area contributed by atoms with Crippen LogP contribution in [0.25, 0.3) is 0 Å². The molecule has 1 rings (SSSR count). The van der Waals surface area contributed by atoms with Crippen LogP contribution in [0.3, 0.4) is 0 Å². The molecule has 7 nitrogen and oxygen atoms in total. The fraction of sp³-hybridized carbons (Fsp3) is 0.300. The summed E-state index contributed by atoms with van der Waals surface area (Å²) in [7, 11) is -3.84. The van der Waals surface area contributed by atoms with E-state index in [-0.39, 0.29) is 5.56 Å². The summed E-state index contributed by atoms with van der Waals surface area (Å²) in [5.41, 5.74) is -1.16. The molecule has 0 fully saturated rings. The van der Waals surface area contributed by atoms with Crippen LogP contribution in [-0.4, -0.2) is 30.2 Å². The van der Waals surface area contributed by atoms with Gasteiger partial charge in [0.2, 0.25) is 5.82 Å². The Hall–Kier alpha value is -2.03. The quantitative estimate of drug-likeness (QED) is 0.620. The van der Waals surface area contributed by atoms with Crippen molar-refractivity contribution in [1.29, 1.82) is 0 Å². The summed E-state index contributed by atoms with van der Waals surface area (Å²) in [6.45, 7) is 0. The number of nitro benzene ring substituents is 1. The van der Waals surface area contributed by atoms with Crippen LogP contribution in [0.5, 0.6) is 0 Å². The number of carbonyl (C=O) groups is 1. The van der Waals surface area contributed by atoms with E-state index in [0.29, 0.717) is 0 Å². The molecule has 1 aromatic rings. The number of hydrogen-bond acceptors (Lipinski definition) is 5. The van der Waals surface area contributed by atoms with Crippen molar-refractivity contribution < 1.29 is 27.6 Å². The number of sulfone groups is 1. The lowest BCUT2D eigenvalue weighted by atomic mass is 10.2. The average Bonchev–Trinajstić information content (AvgIpc) is 2.29. The molecule has 0 saturated heterocycles. The van der Waals surface area contributed by atoms with Gasteiger partial charge in [-0.25, -0.2) is 8.42 Å². The van der Waals surface area contributed by atoms with Gasteiger partial charge in [-0.05, 0) is 0 Å². The van der Waals surface area contributed by atoms with E-state index in [0.717, 1.165) is 12.1 Å². The summed E-state index contributed by atoms with van der Waals surface area (Å²) in [5.74, 6) is -3.92. The first kappa shape index (κ1) is 15.0. The summed E-state index contributed by atoms with van der Waals surface area (Å²) >= 11 is 0. The molecule has 1 aromatic carbocycles. The van der Waals surface area contributed by atoms with Gasteiger partial charge in [0.15, 0.2) is 9.84 Å². The number of carboxylic acid groups (broad SMARTS) is 1. The van der Waals surface area contributed by atoms with Gasteiger partial charge in [-0.3, -0.25) is 14.9 Å². The van der Waals surface area contributed by atoms with Crippen molar-refractivity contribution in [3.8, 4) is 0 Å². The Morgan fingerprint density at radius 2 is 2.05 bits per heavy atom. The Balaban J connectivity index is 2.97. The van der Waals surface area contributed by atoms with Crippen molar-refractivity contribution in [3.05, 3.63) is 39.7 Å². The van der Waals surface area contributed by atoms with Crippen molar-refractivity contribution in [2.75, 3.05) is 5.75 Å². The highest BCUT2D eigenvalue weighted by atomic mass is 32.2. The summed E-state index contributed by atoms with van der Waals surface area (Å²) in [5, 5.41) is 18.9. The van der Waals surface area contributed by atoms with Crippen LogP contribution in [0.1, 0.15) is 12.0 Å². The van der Waals surface area contributed by atoms with E-state index in [2.05, 4.69) is 0 Å². The molecule has 0 aliphatic carbocycles. The van der Waals surface area contributed by atoms with Crippen LogP contribution in [0, 0.1) is 15.9 Å². The highest BCUT2D eigenvalue weighted by molar-refractivity contribution is 7.90. The molecule has 0 spiro atoms. The third kappa shape index (κ3) is 4.28. The largest absolute Gasteiger partial charge is 0.481 e. The minimum atomic E-state index is -3.84. The normalized spacial score (nSPS) is 11.2. The number of rotatable bonds is 6. The fourth-order valence-electron chi connectivity index (χ4n) is 1.37. The molecule has 0 atom stereocenters. The molecule has 0 unspecified atom stereocenters. The summed E-state index contributed by atoms with van der Waals surface area (Å²) in [6, 6.07) is 3.20. The Bertz CT molecular complexity index is 612. The van der Waals surface area contributed by atoms with Gasteiger partial charge in [-0.2, -0.15) is 4.39 Å². The average molecular weight is 291 g/mol. The molecule has 19 heavy (non-hydrogen) atoms. The highest BCUT2D eigenvalue weighted by Crippen LogP contribution is 2.22. The maximum atomic E-state index is 13.6. The number of halogens is 1. The minimum absolute atomic E-state index is 0.348. The van der Waals surface area contributed by atoms with Crippen LogP contribution in [-0.2, 0) is 20.4 Å². The molecule has 0 saturated carbocycles. The molecule has 0 aliphatic rings. The predicted molar refractivity (Wildman–Crippen MR) is 62.8 cm³/mol. The molecule has 0 radical (unpaired) electrons. The number of aliphatic carboxylic acids is 1. The van der Waals surface area contributed by atoms with Crippen LogP contribution >= 0.6 is 0 Å². The van der Waals surface area contributed by atoms with Gasteiger partial charge in [0.25, 0.3) is 0 Å². The van der Waals surface area contributed by atoms with Gasteiger partial charge < -0.3 is 5.11 Å². The lowest BCUT2D eigenvalue weighted by molar-refractivity contribution is -0.387. The number of hydrogen-bond donors (Lipinski definition) is 1. The topological polar surface area (TPSA) is 115 Å². The smallest absolute Gasteiger partial charge is 0.305 e. The van der Waals surface area contributed by atoms with Crippen molar-refractivity contribution in [3.63, 3.8) is 0 Å². The van der Waals surface area contributed by atoms with E-state index in [4.69, 9.17) is 5.11 Å². The van der Waals surface area contributed by atoms with E-state index < -0.39 is 50.2 Å². The standard InChI is InChI=1S/C10H10FNO6S/c11-10-7(2-1-3-8(10)12(15)16)6-19(17,18)5-4-9(13)14/h1-3H,4-6H2,(H,13,14). The van der Waals surface area contributed by atoms with Crippen LogP contribution in [0.4, 0.5) is 10.1 Å². The predicted octanol–water partition coefficient (Wildman–Crippen LogP) is 1.12. The third-order valence-electron chi connectivity index (χ3n) is 2.26. The first-order valence-electron chi connectivity index (χ1n) is 5.07. The van der Waals surface area contributed by atoms with E-state index in [9.17, 15) is 27.7 Å². The van der Waals surface area contributed by atoms with Crippen LogP contribution in [0.15, 0.2) is 18.2 Å². The first-order valence-corrected chi connectivity index (χ1v) is 6.89. The lowest BCUT2D eigenvalue weighted by Gasteiger charge is -2.04. The van der Waals surface area contributed by atoms with E-state index in [1.165, 1.54) is 6.07 Å². The number of nitrogens with zero attached hydrogens (tertiary/aromatic N) is 1. The van der Waals surface area contributed by atoms with E-state index >= 15 is 0 Å².